The number of rotatable bonds is 7. The number of carbonyl (C=O) groups is 1. The van der Waals surface area contributed by atoms with Gasteiger partial charge in [-0.15, -0.1) is 11.3 Å². The van der Waals surface area contributed by atoms with Crippen molar-refractivity contribution in [2.75, 3.05) is 34.2 Å². The first-order valence-corrected chi connectivity index (χ1v) is 10.2. The van der Waals surface area contributed by atoms with Crippen LogP contribution in [0.4, 0.5) is 4.39 Å². The molecule has 1 N–H and O–H groups in total. The van der Waals surface area contributed by atoms with Gasteiger partial charge in [0.05, 0.1) is 4.88 Å². The molecule has 0 aliphatic carbocycles. The summed E-state index contributed by atoms with van der Waals surface area (Å²) in [6, 6.07) is 7.58. The minimum Gasteiger partial charge on any atom is -0.308 e. The first-order chi connectivity index (χ1) is 12.1. The summed E-state index contributed by atoms with van der Waals surface area (Å²) in [5, 5.41) is 0. The van der Waals surface area contributed by atoms with Crippen LogP contribution in [-0.4, -0.2) is 57.8 Å². The van der Waals surface area contributed by atoms with E-state index in [0.717, 1.165) is 20.3 Å². The molecule has 142 valence electrons. The number of nitrogens with zero attached hydrogens (tertiary/aromatic N) is 2. The summed E-state index contributed by atoms with van der Waals surface area (Å²) < 4.78 is 40.8. The van der Waals surface area contributed by atoms with Crippen molar-refractivity contribution in [2.45, 2.75) is 6.92 Å². The SMILES string of the molecule is Cc1cc(C(=O)NS(=O)(=O)N(C)CCN(C)C)sc1-c1ccc(F)cc1. The van der Waals surface area contributed by atoms with Gasteiger partial charge in [0.15, 0.2) is 0 Å². The maximum absolute atomic E-state index is 13.1. The number of thiophene rings is 1. The number of hydrogen-bond donors (Lipinski definition) is 1. The summed E-state index contributed by atoms with van der Waals surface area (Å²) in [5.41, 5.74) is 1.60. The van der Waals surface area contributed by atoms with E-state index in [-0.39, 0.29) is 17.2 Å². The quantitative estimate of drug-likeness (QED) is 0.776. The van der Waals surface area contributed by atoms with Crippen LogP contribution in [0.1, 0.15) is 15.2 Å². The summed E-state index contributed by atoms with van der Waals surface area (Å²) in [7, 11) is 1.18. The molecule has 0 aliphatic heterocycles. The molecular weight excluding hydrogens is 377 g/mol. The van der Waals surface area contributed by atoms with Gasteiger partial charge < -0.3 is 4.90 Å². The predicted octanol–water partition coefficient (Wildman–Crippen LogP) is 2.33. The second kappa shape index (κ2) is 8.26. The molecule has 26 heavy (non-hydrogen) atoms. The topological polar surface area (TPSA) is 69.7 Å². The molecule has 0 saturated heterocycles. The van der Waals surface area contributed by atoms with Crippen LogP contribution < -0.4 is 4.72 Å². The van der Waals surface area contributed by atoms with E-state index in [9.17, 15) is 17.6 Å². The molecule has 0 bridgehead atoms. The first-order valence-electron chi connectivity index (χ1n) is 7.89. The van der Waals surface area contributed by atoms with Gasteiger partial charge in [-0.05, 0) is 50.3 Å². The van der Waals surface area contributed by atoms with E-state index in [4.69, 9.17) is 0 Å². The van der Waals surface area contributed by atoms with Crippen LogP contribution in [0.15, 0.2) is 30.3 Å². The third-order valence-electron chi connectivity index (χ3n) is 3.74. The number of benzene rings is 1. The minimum absolute atomic E-state index is 0.264. The Labute approximate surface area is 157 Å². The second-order valence-electron chi connectivity index (χ2n) is 6.19. The lowest BCUT2D eigenvalue weighted by Crippen LogP contribution is -2.43. The molecule has 0 radical (unpaired) electrons. The molecule has 0 aliphatic rings. The van der Waals surface area contributed by atoms with E-state index < -0.39 is 16.1 Å². The van der Waals surface area contributed by atoms with Crippen molar-refractivity contribution in [2.24, 2.45) is 0 Å². The monoisotopic (exact) mass is 399 g/mol. The predicted molar refractivity (Wildman–Crippen MR) is 102 cm³/mol. The summed E-state index contributed by atoms with van der Waals surface area (Å²) in [4.78, 5) is 15.3. The zero-order chi connectivity index (χ0) is 19.5. The third kappa shape index (κ3) is 5.10. The van der Waals surface area contributed by atoms with E-state index in [2.05, 4.69) is 4.72 Å². The van der Waals surface area contributed by atoms with Crippen molar-refractivity contribution < 1.29 is 17.6 Å². The fourth-order valence-electron chi connectivity index (χ4n) is 2.19. The van der Waals surface area contributed by atoms with Gasteiger partial charge in [0, 0.05) is 25.0 Å². The Morgan fingerprint density at radius 2 is 1.77 bits per heavy atom. The smallest absolute Gasteiger partial charge is 0.303 e. The number of likely N-dealkylation sites (N-methyl/N-ethyl adjacent to an activating group) is 2. The Morgan fingerprint density at radius 3 is 2.35 bits per heavy atom. The van der Waals surface area contributed by atoms with Gasteiger partial charge in [0.25, 0.3) is 5.91 Å². The van der Waals surface area contributed by atoms with Crippen LogP contribution in [0.2, 0.25) is 0 Å². The molecule has 1 amide bonds. The fraction of sp³-hybridized carbons (Fsp3) is 0.353. The summed E-state index contributed by atoms with van der Waals surface area (Å²) in [6.45, 7) is 2.63. The van der Waals surface area contributed by atoms with Gasteiger partial charge in [0.2, 0.25) is 0 Å². The first kappa shape index (κ1) is 20.5. The highest BCUT2D eigenvalue weighted by Gasteiger charge is 2.23. The lowest BCUT2D eigenvalue weighted by Gasteiger charge is -2.19. The molecule has 2 rings (SSSR count). The van der Waals surface area contributed by atoms with Crippen molar-refractivity contribution in [3.8, 4) is 10.4 Å². The number of carbonyl (C=O) groups excluding carboxylic acids is 1. The molecule has 1 aromatic heterocycles. The molecule has 0 unspecified atom stereocenters. The largest absolute Gasteiger partial charge is 0.308 e. The molecule has 0 atom stereocenters. The van der Waals surface area contributed by atoms with E-state index >= 15 is 0 Å². The van der Waals surface area contributed by atoms with E-state index in [1.807, 2.05) is 25.9 Å². The standard InChI is InChI=1S/C17H22FN3O3S2/c1-12-11-15(25-16(12)13-5-7-14(18)8-6-13)17(22)19-26(23,24)21(4)10-9-20(2)3/h5-8,11H,9-10H2,1-4H3,(H,19,22). The molecule has 2 aromatic rings. The molecular formula is C17H22FN3O3S2. The van der Waals surface area contributed by atoms with Gasteiger partial charge in [-0.2, -0.15) is 12.7 Å². The normalized spacial score (nSPS) is 12.0. The van der Waals surface area contributed by atoms with Crippen LogP contribution >= 0.6 is 11.3 Å². The molecule has 0 saturated carbocycles. The summed E-state index contributed by atoms with van der Waals surface area (Å²) >= 11 is 1.17. The summed E-state index contributed by atoms with van der Waals surface area (Å²) in [5.74, 6) is -1.02. The number of aryl methyl sites for hydroxylation is 1. The average molecular weight is 400 g/mol. The highest BCUT2D eigenvalue weighted by atomic mass is 32.2. The van der Waals surface area contributed by atoms with Gasteiger partial charge in [-0.25, -0.2) is 9.11 Å². The zero-order valence-corrected chi connectivity index (χ0v) is 16.7. The van der Waals surface area contributed by atoms with Gasteiger partial charge in [-0.3, -0.25) is 4.79 Å². The van der Waals surface area contributed by atoms with Crippen molar-refractivity contribution in [1.29, 1.82) is 0 Å². The van der Waals surface area contributed by atoms with E-state index in [0.29, 0.717) is 6.54 Å². The maximum atomic E-state index is 13.1. The Bertz CT molecular complexity index is 877. The number of halogens is 1. The minimum atomic E-state index is -3.91. The lowest BCUT2D eigenvalue weighted by molar-refractivity contribution is 0.0983. The second-order valence-corrected chi connectivity index (χ2v) is 9.02. The van der Waals surface area contributed by atoms with Crippen LogP contribution in [0.25, 0.3) is 10.4 Å². The van der Waals surface area contributed by atoms with Crippen molar-refractivity contribution >= 4 is 27.5 Å². The van der Waals surface area contributed by atoms with E-state index in [1.54, 1.807) is 18.2 Å². The van der Waals surface area contributed by atoms with Gasteiger partial charge in [0.1, 0.15) is 5.82 Å². The Hall–Kier alpha value is -1.81. The average Bonchev–Trinajstić information content (AvgIpc) is 2.95. The fourth-order valence-corrected chi connectivity index (χ4v) is 4.15. The molecule has 9 heteroatoms. The van der Waals surface area contributed by atoms with Crippen molar-refractivity contribution in [3.63, 3.8) is 0 Å². The van der Waals surface area contributed by atoms with Crippen LogP contribution in [-0.2, 0) is 10.2 Å². The number of nitrogens with one attached hydrogen (secondary N) is 1. The lowest BCUT2D eigenvalue weighted by atomic mass is 10.1. The number of amides is 1. The molecule has 0 spiro atoms. The Kier molecular flexibility index (Phi) is 6.51. The van der Waals surface area contributed by atoms with Crippen molar-refractivity contribution in [1.82, 2.24) is 13.9 Å². The van der Waals surface area contributed by atoms with Crippen LogP contribution in [0, 0.1) is 12.7 Å². The van der Waals surface area contributed by atoms with Gasteiger partial charge >= 0.3 is 10.2 Å². The molecule has 6 nitrogen and oxygen atoms in total. The molecule has 1 heterocycles. The third-order valence-corrected chi connectivity index (χ3v) is 6.47. The van der Waals surface area contributed by atoms with Crippen LogP contribution in [0.3, 0.4) is 0 Å². The Morgan fingerprint density at radius 1 is 1.15 bits per heavy atom. The van der Waals surface area contributed by atoms with Crippen molar-refractivity contribution in [3.05, 3.63) is 46.6 Å². The number of hydrogen-bond acceptors (Lipinski definition) is 5. The highest BCUT2D eigenvalue weighted by Crippen LogP contribution is 2.32. The Balaban J connectivity index is 2.15. The maximum Gasteiger partial charge on any atom is 0.303 e. The van der Waals surface area contributed by atoms with Crippen LogP contribution in [0.5, 0.6) is 0 Å². The van der Waals surface area contributed by atoms with Gasteiger partial charge in [-0.1, -0.05) is 12.1 Å². The highest BCUT2D eigenvalue weighted by molar-refractivity contribution is 7.87. The molecule has 1 aromatic carbocycles. The summed E-state index contributed by atoms with van der Waals surface area (Å²) in [6.07, 6.45) is 0. The van der Waals surface area contributed by atoms with E-state index in [1.165, 1.54) is 30.5 Å². The zero-order valence-electron chi connectivity index (χ0n) is 15.1. The molecule has 0 fully saturated rings.